The average molecular weight is 936 g/mol. The largest absolute Gasteiger partial charge is 1.00 e. The molecule has 0 aromatic heterocycles. The van der Waals surface area contributed by atoms with Crippen LogP contribution in [0.3, 0.4) is 0 Å². The number of ketones is 3. The standard InChI is InChI=1S/C51H79NO13.Na/c1-31(26-35(5)45(55)47(64-10)46(56)36(6)28-34(4)41(53)23-19-32(2)27-38-21-24-42(54)44(29-38)63-9)16-12-11-13-17-33(3)43(62-8)30-39-22-20-37(7)51(61,65-39)48(57)49(58)52-25-15-14-18-40(52)50(59)60;/h11-13,16-17,19,23,28,31-32,34-35,37-40,42-44,46-47,54,56,61H,14-15,18,20-22,24-27,29-30H2,1-10H3,(H,59,60);/q;+1/p-1/t31-,32+,34-,35-,37-,38+,39+,40+,42-,43+,44-,46-,47+,51-;/m1./s1. The number of likely N-dealkylation sites (tertiary alicyclic amines) is 1. The molecule has 0 spiro atoms. The van der Waals surface area contributed by atoms with E-state index in [1.165, 1.54) is 7.11 Å². The molecule has 3 rings (SSSR count). The summed E-state index contributed by atoms with van der Waals surface area (Å²) in [4.78, 5) is 65.8. The van der Waals surface area contributed by atoms with E-state index < -0.39 is 77.8 Å². The van der Waals surface area contributed by atoms with Crippen LogP contribution >= 0.6 is 0 Å². The van der Waals surface area contributed by atoms with Crippen LogP contribution in [-0.2, 0) is 42.9 Å². The van der Waals surface area contributed by atoms with Crippen molar-refractivity contribution in [2.24, 2.45) is 35.5 Å². The molecule has 14 nitrogen and oxygen atoms in total. The van der Waals surface area contributed by atoms with Crippen LogP contribution in [0.2, 0.25) is 0 Å². The molecule has 1 aliphatic carbocycles. The Morgan fingerprint density at radius 2 is 1.58 bits per heavy atom. The molecule has 2 saturated heterocycles. The smallest absolute Gasteiger partial charge is 0.548 e. The van der Waals surface area contributed by atoms with E-state index in [4.69, 9.17) is 18.9 Å². The molecule has 3 aliphatic rings. The molecule has 14 atom stereocenters. The van der Waals surface area contributed by atoms with Crippen LogP contribution in [0, 0.1) is 35.5 Å². The van der Waals surface area contributed by atoms with Crippen LogP contribution in [0.1, 0.15) is 119 Å². The predicted octanol–water partition coefficient (Wildman–Crippen LogP) is 2.18. The zero-order chi connectivity index (χ0) is 48.6. The number of amides is 1. The van der Waals surface area contributed by atoms with Crippen molar-refractivity contribution in [2.75, 3.05) is 27.9 Å². The molecule has 1 amide bonds. The molecule has 1 saturated carbocycles. The van der Waals surface area contributed by atoms with E-state index >= 15 is 0 Å². The number of rotatable bonds is 24. The Kier molecular flexibility index (Phi) is 25.9. The Morgan fingerprint density at radius 1 is 0.879 bits per heavy atom. The number of piperidine rings is 1. The van der Waals surface area contributed by atoms with Crippen molar-refractivity contribution in [3.63, 3.8) is 0 Å². The van der Waals surface area contributed by atoms with E-state index in [0.29, 0.717) is 56.4 Å². The molecule has 0 bridgehead atoms. The summed E-state index contributed by atoms with van der Waals surface area (Å²) >= 11 is 0. The van der Waals surface area contributed by atoms with Gasteiger partial charge in [0.05, 0.1) is 36.4 Å². The van der Waals surface area contributed by atoms with E-state index in [1.54, 1.807) is 47.1 Å². The summed E-state index contributed by atoms with van der Waals surface area (Å²) < 4.78 is 22.6. The number of hydrogen-bond donors (Lipinski definition) is 3. The normalized spacial score (nSPS) is 28.9. The van der Waals surface area contributed by atoms with Crippen molar-refractivity contribution in [2.45, 2.75) is 168 Å². The molecule has 2 aliphatic heterocycles. The maximum atomic E-state index is 13.5. The maximum absolute atomic E-state index is 13.5. The first-order chi connectivity index (χ1) is 30.7. The third-order valence-electron chi connectivity index (χ3n) is 13.7. The predicted molar refractivity (Wildman–Crippen MR) is 245 cm³/mol. The summed E-state index contributed by atoms with van der Waals surface area (Å²) in [6.45, 7) is 12.9. The van der Waals surface area contributed by atoms with Gasteiger partial charge in [-0.3, -0.25) is 19.2 Å². The van der Waals surface area contributed by atoms with Crippen LogP contribution in [0.15, 0.2) is 59.8 Å². The Balaban J connectivity index is 0.0000150. The molecule has 3 fully saturated rings. The molecule has 0 radical (unpaired) electrons. The molecule has 3 N–H and O–H groups in total. The Morgan fingerprint density at radius 3 is 2.21 bits per heavy atom. The fraction of sp³-hybridized carbons (Fsp3) is 0.706. The molecular weight excluding hydrogens is 858 g/mol. The van der Waals surface area contributed by atoms with Gasteiger partial charge in [-0.2, -0.15) is 0 Å². The second-order valence-corrected chi connectivity index (χ2v) is 19.0. The number of Topliss-reactive ketones (excluding diaryl/α,β-unsaturated/α-hetero) is 2. The number of carboxylic acids is 1. The minimum atomic E-state index is -2.40. The summed E-state index contributed by atoms with van der Waals surface area (Å²) in [5.41, 5.74) is 1.34. The number of aliphatic hydroxyl groups excluding tert-OH is 2. The van der Waals surface area contributed by atoms with Crippen molar-refractivity contribution < 1.29 is 92.9 Å². The Bertz CT molecular complexity index is 1760. The van der Waals surface area contributed by atoms with Crippen molar-refractivity contribution in [1.82, 2.24) is 4.90 Å². The molecule has 0 aromatic carbocycles. The number of carboxylic acid groups (broad SMARTS) is 1. The summed E-state index contributed by atoms with van der Waals surface area (Å²) in [5.74, 6) is -7.43. The molecule has 366 valence electrons. The molecule has 0 aromatic rings. The zero-order valence-corrected chi connectivity index (χ0v) is 43.5. The molecule has 66 heavy (non-hydrogen) atoms. The first-order valence-corrected chi connectivity index (χ1v) is 23.5. The number of ether oxygens (including phenoxy) is 4. The summed E-state index contributed by atoms with van der Waals surface area (Å²) in [7, 11) is 4.57. The number of hydrogen-bond acceptors (Lipinski definition) is 13. The van der Waals surface area contributed by atoms with Crippen molar-refractivity contribution >= 4 is 29.2 Å². The van der Waals surface area contributed by atoms with Crippen molar-refractivity contribution in [3.8, 4) is 0 Å². The second kappa shape index (κ2) is 28.8. The number of methoxy groups -OCH3 is 3. The van der Waals surface area contributed by atoms with Crippen molar-refractivity contribution in [3.05, 3.63) is 59.8 Å². The van der Waals surface area contributed by atoms with Gasteiger partial charge in [-0.25, -0.2) is 0 Å². The number of aliphatic carboxylic acids is 1. The fourth-order valence-electron chi connectivity index (χ4n) is 9.47. The van der Waals surface area contributed by atoms with Gasteiger partial charge in [0.1, 0.15) is 12.2 Å². The van der Waals surface area contributed by atoms with E-state index in [2.05, 4.69) is 6.92 Å². The van der Waals surface area contributed by atoms with Crippen LogP contribution < -0.4 is 34.7 Å². The fourth-order valence-corrected chi connectivity index (χ4v) is 9.47. The van der Waals surface area contributed by atoms with Gasteiger partial charge in [-0.15, -0.1) is 0 Å². The van der Waals surface area contributed by atoms with Gasteiger partial charge in [0, 0.05) is 52.0 Å². The summed E-state index contributed by atoms with van der Waals surface area (Å²) in [6, 6.07) is -1.23. The SMILES string of the molecule is CO[C@@H](C[C@@H]1CC[C@@H](C)[C@](O)(C(=O)C(=O)N2CCCC[C@H]2C(=O)[O-])O1)C(C)=CC=CC=C[C@@H](C)C[C@@H](C)C(=O)[C@H](OC)[C@H](O)C(C)=C[C@@H](C)C(=O)C=C[C@H](C)C[C@@H]1CC[C@@H](O)[C@H](OC)C1.[Na+]. The average Bonchev–Trinajstić information content (AvgIpc) is 3.28. The van der Waals surface area contributed by atoms with Gasteiger partial charge in [0.15, 0.2) is 11.6 Å². The second-order valence-electron chi connectivity index (χ2n) is 19.0. The van der Waals surface area contributed by atoms with E-state index in [1.807, 2.05) is 57.2 Å². The van der Waals surface area contributed by atoms with Gasteiger partial charge < -0.3 is 49.1 Å². The minimum Gasteiger partial charge on any atom is -0.548 e. The molecule has 2 heterocycles. The van der Waals surface area contributed by atoms with Crippen LogP contribution in [-0.4, -0.2) is 126 Å². The van der Waals surface area contributed by atoms with Crippen LogP contribution in [0.5, 0.6) is 0 Å². The van der Waals surface area contributed by atoms with E-state index in [-0.39, 0.29) is 72.0 Å². The van der Waals surface area contributed by atoms with E-state index in [9.17, 15) is 44.4 Å². The van der Waals surface area contributed by atoms with E-state index in [0.717, 1.165) is 29.7 Å². The third kappa shape index (κ3) is 17.1. The van der Waals surface area contributed by atoms with Crippen LogP contribution in [0.25, 0.3) is 0 Å². The van der Waals surface area contributed by atoms with Gasteiger partial charge >= 0.3 is 29.6 Å². The quantitative estimate of drug-likeness (QED) is 0.0418. The van der Waals surface area contributed by atoms with Gasteiger partial charge in [0.2, 0.25) is 5.79 Å². The van der Waals surface area contributed by atoms with Gasteiger partial charge in [-0.05, 0) is 113 Å². The first-order valence-electron chi connectivity index (χ1n) is 23.5. The number of carbonyl (C=O) groups is 5. The Hall–Kier alpha value is -2.63. The number of carbonyl (C=O) groups excluding carboxylic acids is 5. The zero-order valence-electron chi connectivity index (χ0n) is 41.5. The van der Waals surface area contributed by atoms with Gasteiger partial charge in [0.25, 0.3) is 11.7 Å². The first kappa shape index (κ1) is 59.5. The minimum absolute atomic E-state index is 0. The molecular formula is C51H78NNaO13. The number of allylic oxidation sites excluding steroid dienone is 8. The summed E-state index contributed by atoms with van der Waals surface area (Å²) in [6.07, 6.45) is 17.1. The number of nitrogens with zero attached hydrogens (tertiary/aromatic N) is 1. The monoisotopic (exact) mass is 936 g/mol. The Labute approximate surface area is 415 Å². The van der Waals surface area contributed by atoms with Crippen LogP contribution in [0.4, 0.5) is 0 Å². The number of aliphatic hydroxyl groups is 3. The topological polar surface area (TPSA) is 209 Å². The van der Waals surface area contributed by atoms with Crippen molar-refractivity contribution in [1.29, 1.82) is 0 Å². The maximum Gasteiger partial charge on any atom is 1.00 e. The molecule has 15 heteroatoms. The summed E-state index contributed by atoms with van der Waals surface area (Å²) in [5, 5.41) is 44.4. The molecule has 0 unspecified atom stereocenters. The van der Waals surface area contributed by atoms with Gasteiger partial charge in [-0.1, -0.05) is 77.2 Å². The third-order valence-corrected chi connectivity index (χ3v) is 13.7.